The molecule has 6 nitrogen and oxygen atoms in total. The maximum Gasteiger partial charge on any atom is 0.192 e. The van der Waals surface area contributed by atoms with Crippen LogP contribution in [0.25, 0.3) is 0 Å². The first kappa shape index (κ1) is 29.6. The first-order valence-corrected chi connectivity index (χ1v) is 17.3. The van der Waals surface area contributed by atoms with Crippen LogP contribution >= 0.6 is 0 Å². The molecule has 0 saturated heterocycles. The van der Waals surface area contributed by atoms with Crippen molar-refractivity contribution in [1.29, 1.82) is 0 Å². The zero-order valence-corrected chi connectivity index (χ0v) is 25.3. The third-order valence-corrected chi connectivity index (χ3v) is 16.7. The summed E-state index contributed by atoms with van der Waals surface area (Å²) in [5, 5.41) is 3.94. The van der Waals surface area contributed by atoms with Gasteiger partial charge in [0.25, 0.3) is 0 Å². The standard InChI is InChI=1S/C23H45N4O2Si2.Rh/c1-22(2,3)30(7,8)28-15-16-13-17(27-18-11-12-26-21(25)20(18)24)14-19(16)29-31(9,10)23(4,5)6;/h11,16-17,19H,13-15,24H2,1-10H3,(H3,25,26,27);/q-1;/t16-,17+,19-;/m0./s1. The van der Waals surface area contributed by atoms with Crippen molar-refractivity contribution in [2.75, 3.05) is 23.4 Å². The van der Waals surface area contributed by atoms with Gasteiger partial charge >= 0.3 is 0 Å². The first-order valence-electron chi connectivity index (χ1n) is 11.4. The SMILES string of the molecule is CC(C)(C)[Si](C)(C)OC[C@@H]1C[C@@H](Nc2c[c-]nc(N)c2N)C[C@@H]1O[Si](C)(C)C(C)(C)C.[Rh]. The molecule has 3 atom stereocenters. The first-order chi connectivity index (χ1) is 13.9. The summed E-state index contributed by atoms with van der Waals surface area (Å²) in [6.45, 7) is 23.8. The molecule has 1 aliphatic rings. The Morgan fingerprint density at radius 2 is 1.59 bits per heavy atom. The van der Waals surface area contributed by atoms with Crippen molar-refractivity contribution in [1.82, 2.24) is 4.98 Å². The molecule has 9 heteroatoms. The predicted molar refractivity (Wildman–Crippen MR) is 137 cm³/mol. The molecular formula is C23H45N4O2RhSi2-. The van der Waals surface area contributed by atoms with Gasteiger partial charge in [-0.05, 0) is 60.5 Å². The number of hydrogen-bond acceptors (Lipinski definition) is 6. The maximum absolute atomic E-state index is 6.91. The zero-order valence-electron chi connectivity index (χ0n) is 21.7. The molecule has 1 heterocycles. The summed E-state index contributed by atoms with van der Waals surface area (Å²) in [5.74, 6) is 0.667. The summed E-state index contributed by atoms with van der Waals surface area (Å²) >= 11 is 0. The van der Waals surface area contributed by atoms with Crippen LogP contribution in [0.1, 0.15) is 54.4 Å². The number of pyridine rings is 1. The van der Waals surface area contributed by atoms with Gasteiger partial charge in [0, 0.05) is 43.9 Å². The molecule has 2 rings (SSSR count). The number of nitrogen functional groups attached to an aromatic ring is 2. The minimum atomic E-state index is -1.90. The minimum Gasteiger partial charge on any atom is -0.433 e. The van der Waals surface area contributed by atoms with Crippen LogP contribution in [0.2, 0.25) is 36.3 Å². The molecule has 0 aliphatic heterocycles. The summed E-state index contributed by atoms with van der Waals surface area (Å²) in [4.78, 5) is 3.95. The van der Waals surface area contributed by atoms with Crippen molar-refractivity contribution < 1.29 is 28.3 Å². The number of nitrogens with zero attached hydrogens (tertiary/aromatic N) is 1. The molecule has 1 aliphatic carbocycles. The van der Waals surface area contributed by atoms with E-state index in [2.05, 4.69) is 84.2 Å². The smallest absolute Gasteiger partial charge is 0.192 e. The van der Waals surface area contributed by atoms with E-state index in [1.54, 1.807) is 6.07 Å². The molecule has 1 saturated carbocycles. The summed E-state index contributed by atoms with van der Waals surface area (Å²) in [6, 6.07) is 2.02. The molecule has 1 radical (unpaired) electrons. The van der Waals surface area contributed by atoms with Gasteiger partial charge in [-0.25, -0.2) is 0 Å². The van der Waals surface area contributed by atoms with Crippen molar-refractivity contribution >= 4 is 33.8 Å². The number of anilines is 3. The molecule has 0 bridgehead atoms. The molecule has 5 N–H and O–H groups in total. The van der Waals surface area contributed by atoms with E-state index >= 15 is 0 Å². The van der Waals surface area contributed by atoms with Crippen molar-refractivity contribution in [2.45, 2.75) is 103 Å². The molecule has 1 aromatic rings. The Morgan fingerprint density at radius 3 is 2.12 bits per heavy atom. The second-order valence-corrected chi connectivity index (χ2v) is 21.7. The third kappa shape index (κ3) is 7.01. The number of nitrogens with two attached hydrogens (primary N) is 2. The predicted octanol–water partition coefficient (Wildman–Crippen LogP) is 5.65. The second-order valence-electron chi connectivity index (χ2n) is 12.2. The quantitative estimate of drug-likeness (QED) is 0.291. The van der Waals surface area contributed by atoms with Crippen LogP contribution in [0.3, 0.4) is 0 Å². The van der Waals surface area contributed by atoms with Crippen LogP contribution in [0.15, 0.2) is 6.07 Å². The van der Waals surface area contributed by atoms with E-state index in [0.717, 1.165) is 25.1 Å². The normalized spacial score (nSPS) is 22.5. The van der Waals surface area contributed by atoms with Gasteiger partial charge in [-0.3, -0.25) is 0 Å². The Labute approximate surface area is 211 Å². The molecule has 1 fully saturated rings. The molecule has 0 spiro atoms. The third-order valence-electron chi connectivity index (χ3n) is 7.67. The average molecular weight is 569 g/mol. The zero-order chi connectivity index (χ0) is 23.8. The van der Waals surface area contributed by atoms with E-state index in [-0.39, 0.29) is 41.7 Å². The van der Waals surface area contributed by atoms with Crippen LogP contribution in [-0.2, 0) is 28.3 Å². The van der Waals surface area contributed by atoms with Crippen LogP contribution in [-0.4, -0.2) is 40.4 Å². The summed E-state index contributed by atoms with van der Waals surface area (Å²) < 4.78 is 13.5. The van der Waals surface area contributed by atoms with Crippen molar-refractivity contribution in [3.05, 3.63) is 12.3 Å². The average Bonchev–Trinajstić information content (AvgIpc) is 2.96. The van der Waals surface area contributed by atoms with Crippen LogP contribution in [0, 0.1) is 12.1 Å². The fourth-order valence-corrected chi connectivity index (χ4v) is 5.86. The molecule has 187 valence electrons. The van der Waals surface area contributed by atoms with Crippen LogP contribution in [0.5, 0.6) is 0 Å². The van der Waals surface area contributed by atoms with Gasteiger partial charge in [-0.1, -0.05) is 47.7 Å². The van der Waals surface area contributed by atoms with E-state index in [1.165, 1.54) is 0 Å². The van der Waals surface area contributed by atoms with E-state index in [9.17, 15) is 0 Å². The molecule has 0 amide bonds. The van der Waals surface area contributed by atoms with Gasteiger partial charge in [0.05, 0.1) is 6.10 Å². The van der Waals surface area contributed by atoms with Gasteiger partial charge in [-0.15, -0.1) is 6.07 Å². The summed E-state index contributed by atoms with van der Waals surface area (Å²) in [5.41, 5.74) is 13.3. The number of aromatic nitrogens is 1. The molecule has 0 aromatic carbocycles. The molecule has 0 unspecified atom stereocenters. The Bertz CT molecular complexity index is 763. The largest absolute Gasteiger partial charge is 0.433 e. The maximum atomic E-state index is 6.91. The van der Waals surface area contributed by atoms with E-state index in [4.69, 9.17) is 20.3 Å². The fraction of sp³-hybridized carbons (Fsp3) is 0.783. The Morgan fingerprint density at radius 1 is 1.03 bits per heavy atom. The monoisotopic (exact) mass is 568 g/mol. The Kier molecular flexibility index (Phi) is 9.63. The van der Waals surface area contributed by atoms with E-state index in [0.29, 0.717) is 17.4 Å². The Balaban J connectivity index is 0.00000512. The molecular weight excluding hydrogens is 523 g/mol. The van der Waals surface area contributed by atoms with Crippen molar-refractivity contribution in [2.24, 2.45) is 5.92 Å². The minimum absolute atomic E-state index is 0. The van der Waals surface area contributed by atoms with Gasteiger partial charge in [0.15, 0.2) is 16.6 Å². The van der Waals surface area contributed by atoms with Gasteiger partial charge in [0.2, 0.25) is 0 Å². The summed E-state index contributed by atoms with van der Waals surface area (Å²) in [7, 11) is -3.72. The summed E-state index contributed by atoms with van der Waals surface area (Å²) in [6.07, 6.45) is 4.91. The van der Waals surface area contributed by atoms with Crippen molar-refractivity contribution in [3.8, 4) is 0 Å². The molecule has 1 aromatic heterocycles. The second kappa shape index (κ2) is 10.4. The van der Waals surface area contributed by atoms with Gasteiger partial charge in [-0.2, -0.15) is 0 Å². The number of hydrogen-bond donors (Lipinski definition) is 3. The van der Waals surface area contributed by atoms with Gasteiger partial charge < -0.3 is 30.6 Å². The number of nitrogens with one attached hydrogen (secondary N) is 1. The molecule has 32 heavy (non-hydrogen) atoms. The fourth-order valence-electron chi connectivity index (χ4n) is 3.39. The topological polar surface area (TPSA) is 95.4 Å². The van der Waals surface area contributed by atoms with Crippen LogP contribution < -0.4 is 16.8 Å². The van der Waals surface area contributed by atoms with Crippen molar-refractivity contribution in [3.63, 3.8) is 0 Å². The van der Waals surface area contributed by atoms with Crippen LogP contribution in [0.4, 0.5) is 17.2 Å². The van der Waals surface area contributed by atoms with E-state index < -0.39 is 16.6 Å². The van der Waals surface area contributed by atoms with E-state index in [1.807, 2.05) is 0 Å². The Hall–Kier alpha value is -0.473. The number of rotatable bonds is 7. The van der Waals surface area contributed by atoms with Gasteiger partial charge in [0.1, 0.15) is 0 Å².